The van der Waals surface area contributed by atoms with Crippen LogP contribution in [0.25, 0.3) is 22.3 Å². The number of aryl methyl sites for hydroxylation is 2. The minimum Gasteiger partial charge on any atom is -0.454 e. The summed E-state index contributed by atoms with van der Waals surface area (Å²) in [6.45, 7) is 3.80. The van der Waals surface area contributed by atoms with Crippen molar-refractivity contribution < 1.29 is 4.42 Å². The third-order valence-corrected chi connectivity index (χ3v) is 4.90. The van der Waals surface area contributed by atoms with E-state index < -0.39 is 0 Å². The average Bonchev–Trinajstić information content (AvgIpc) is 2.66. The predicted octanol–water partition coefficient (Wildman–Crippen LogP) is 6.39. The van der Waals surface area contributed by atoms with Crippen molar-refractivity contribution in [2.45, 2.75) is 13.8 Å². The van der Waals surface area contributed by atoms with Crippen LogP contribution in [0.2, 0.25) is 15.1 Å². The van der Waals surface area contributed by atoms with E-state index in [2.05, 4.69) is 20.5 Å². The van der Waals surface area contributed by atoms with E-state index in [-0.39, 0.29) is 0 Å². The third kappa shape index (κ3) is 4.37. The molecule has 4 rings (SSSR count). The summed E-state index contributed by atoms with van der Waals surface area (Å²) in [7, 11) is 0. The average molecular weight is 446 g/mol. The highest BCUT2D eigenvalue weighted by Gasteiger charge is 2.11. The minimum atomic E-state index is 0.391. The van der Waals surface area contributed by atoms with E-state index in [0.29, 0.717) is 43.1 Å². The van der Waals surface area contributed by atoms with Gasteiger partial charge in [0.15, 0.2) is 5.58 Å². The molecule has 2 aromatic heterocycles. The van der Waals surface area contributed by atoms with Gasteiger partial charge < -0.3 is 4.42 Å². The molecule has 0 fully saturated rings. The Labute approximate surface area is 182 Å². The molecule has 0 aliphatic carbocycles. The number of aromatic nitrogens is 2. The second-order valence-electron chi connectivity index (χ2n) is 6.47. The Bertz CT molecular complexity index is 1260. The molecule has 2 heterocycles. The fourth-order valence-electron chi connectivity index (χ4n) is 2.93. The van der Waals surface area contributed by atoms with Gasteiger partial charge in [-0.15, -0.1) is 0 Å². The van der Waals surface area contributed by atoms with Gasteiger partial charge in [-0.05, 0) is 56.3 Å². The second kappa shape index (κ2) is 8.03. The molecule has 29 heavy (non-hydrogen) atoms. The molecule has 0 saturated heterocycles. The van der Waals surface area contributed by atoms with Crippen LogP contribution in [0.3, 0.4) is 0 Å². The van der Waals surface area contributed by atoms with Crippen LogP contribution in [0, 0.1) is 13.8 Å². The first-order chi connectivity index (χ1) is 13.9. The third-order valence-electron chi connectivity index (χ3n) is 4.15. The van der Waals surface area contributed by atoms with Crippen molar-refractivity contribution in [2.24, 2.45) is 5.10 Å². The quantitative estimate of drug-likeness (QED) is 0.371. The molecule has 0 bridgehead atoms. The van der Waals surface area contributed by atoms with Crippen LogP contribution < -0.4 is 10.8 Å². The zero-order valence-electron chi connectivity index (χ0n) is 15.5. The fourth-order valence-corrected chi connectivity index (χ4v) is 3.59. The molecule has 0 spiro atoms. The molecule has 4 aromatic rings. The van der Waals surface area contributed by atoms with Crippen LogP contribution in [0.5, 0.6) is 0 Å². The lowest BCUT2D eigenvalue weighted by atomic mass is 10.1. The van der Waals surface area contributed by atoms with Gasteiger partial charge in [0.2, 0.25) is 5.95 Å². The largest absolute Gasteiger partial charge is 0.454 e. The van der Waals surface area contributed by atoms with Gasteiger partial charge in [0, 0.05) is 38.4 Å². The highest BCUT2D eigenvalue weighted by atomic mass is 35.5. The monoisotopic (exact) mass is 444 g/mol. The zero-order valence-corrected chi connectivity index (χ0v) is 17.8. The van der Waals surface area contributed by atoms with Crippen molar-refractivity contribution in [3.63, 3.8) is 0 Å². The van der Waals surface area contributed by atoms with Gasteiger partial charge in [0.1, 0.15) is 5.76 Å². The molecule has 0 amide bonds. The highest BCUT2D eigenvalue weighted by molar-refractivity contribution is 6.38. The molecule has 0 aliphatic heterocycles. The number of nitrogens with one attached hydrogen (secondary N) is 1. The Morgan fingerprint density at radius 3 is 2.24 bits per heavy atom. The van der Waals surface area contributed by atoms with Crippen molar-refractivity contribution in [3.8, 4) is 11.3 Å². The van der Waals surface area contributed by atoms with E-state index in [1.165, 1.54) is 0 Å². The maximum absolute atomic E-state index is 6.39. The standard InChI is InChI=1S/C21H15Cl3N4O/c1-11-7-12(2)26-21(25-11)28-27-18-10-19(13-3-5-14(22)6-4-13)29-20-16(18)8-15(23)9-17(20)24/h3-10H,1-2H3,(H,25,26,28). The first kappa shape index (κ1) is 19.7. The Morgan fingerprint density at radius 1 is 0.862 bits per heavy atom. The molecular formula is C21H15Cl3N4O. The summed E-state index contributed by atoms with van der Waals surface area (Å²) < 4.78 is 6.05. The summed E-state index contributed by atoms with van der Waals surface area (Å²) in [6.07, 6.45) is 0. The molecule has 0 unspecified atom stereocenters. The van der Waals surface area contributed by atoms with Crippen molar-refractivity contribution in [2.75, 3.05) is 5.43 Å². The molecule has 0 saturated carbocycles. The summed E-state index contributed by atoms with van der Waals surface area (Å²) in [5.41, 5.74) is 5.91. The van der Waals surface area contributed by atoms with E-state index in [9.17, 15) is 0 Å². The van der Waals surface area contributed by atoms with Gasteiger partial charge in [0.25, 0.3) is 0 Å². The summed E-state index contributed by atoms with van der Waals surface area (Å²) in [6, 6.07) is 14.4. The van der Waals surface area contributed by atoms with Crippen LogP contribution in [0.1, 0.15) is 11.4 Å². The lowest BCUT2D eigenvalue weighted by molar-refractivity contribution is 0.618. The molecule has 1 N–H and O–H groups in total. The van der Waals surface area contributed by atoms with Crippen molar-refractivity contribution >= 4 is 51.7 Å². The number of fused-ring (bicyclic) bond motifs is 1. The summed E-state index contributed by atoms with van der Waals surface area (Å²) >= 11 is 18.6. The van der Waals surface area contributed by atoms with E-state index in [4.69, 9.17) is 39.2 Å². The maximum Gasteiger partial charge on any atom is 0.243 e. The van der Waals surface area contributed by atoms with Crippen LogP contribution in [-0.4, -0.2) is 9.97 Å². The first-order valence-corrected chi connectivity index (χ1v) is 9.83. The molecule has 8 heteroatoms. The normalized spacial score (nSPS) is 11.8. The number of hydrogen-bond donors (Lipinski definition) is 1. The lowest BCUT2D eigenvalue weighted by Gasteiger charge is -2.08. The molecule has 146 valence electrons. The summed E-state index contributed by atoms with van der Waals surface area (Å²) in [4.78, 5) is 8.70. The summed E-state index contributed by atoms with van der Waals surface area (Å²) in [5.74, 6) is 0.984. The van der Waals surface area contributed by atoms with E-state index >= 15 is 0 Å². The smallest absolute Gasteiger partial charge is 0.243 e. The van der Waals surface area contributed by atoms with Gasteiger partial charge in [-0.3, -0.25) is 0 Å². The zero-order chi connectivity index (χ0) is 20.5. The van der Waals surface area contributed by atoms with Crippen LogP contribution in [-0.2, 0) is 0 Å². The van der Waals surface area contributed by atoms with Crippen molar-refractivity contribution in [1.29, 1.82) is 0 Å². The van der Waals surface area contributed by atoms with Crippen LogP contribution >= 0.6 is 34.8 Å². The van der Waals surface area contributed by atoms with E-state index in [0.717, 1.165) is 17.0 Å². The molecule has 0 radical (unpaired) electrons. The minimum absolute atomic E-state index is 0.391. The Kier molecular flexibility index (Phi) is 5.46. The number of rotatable bonds is 3. The molecule has 0 atom stereocenters. The number of nitrogens with zero attached hydrogens (tertiary/aromatic N) is 3. The maximum atomic E-state index is 6.39. The number of halogens is 3. The Hall–Kier alpha value is -2.60. The van der Waals surface area contributed by atoms with E-state index in [1.807, 2.05) is 32.0 Å². The number of benzene rings is 2. The summed E-state index contributed by atoms with van der Waals surface area (Å²) in [5, 5.41) is 7.26. The predicted molar refractivity (Wildman–Crippen MR) is 117 cm³/mol. The second-order valence-corrected chi connectivity index (χ2v) is 7.75. The van der Waals surface area contributed by atoms with Crippen molar-refractivity contribution in [1.82, 2.24) is 9.97 Å². The Balaban J connectivity index is 1.91. The highest BCUT2D eigenvalue weighted by Crippen LogP contribution is 2.30. The molecule has 2 aromatic carbocycles. The van der Waals surface area contributed by atoms with Gasteiger partial charge >= 0.3 is 0 Å². The van der Waals surface area contributed by atoms with E-state index in [1.54, 1.807) is 30.3 Å². The van der Waals surface area contributed by atoms with Crippen LogP contribution in [0.4, 0.5) is 5.95 Å². The Morgan fingerprint density at radius 2 is 1.55 bits per heavy atom. The number of anilines is 1. The van der Waals surface area contributed by atoms with Gasteiger partial charge in [-0.25, -0.2) is 15.4 Å². The van der Waals surface area contributed by atoms with Crippen molar-refractivity contribution in [3.05, 3.63) is 80.3 Å². The van der Waals surface area contributed by atoms with Gasteiger partial charge in [0.05, 0.1) is 10.4 Å². The lowest BCUT2D eigenvalue weighted by Crippen LogP contribution is -2.09. The number of hydrogen-bond acceptors (Lipinski definition) is 5. The van der Waals surface area contributed by atoms with Gasteiger partial charge in [-0.1, -0.05) is 34.8 Å². The SMILES string of the molecule is Cc1cc(C)nc(NN=c2cc(-c3ccc(Cl)cc3)oc3c(Cl)cc(Cl)cc23)n1. The first-order valence-electron chi connectivity index (χ1n) is 8.70. The van der Waals surface area contributed by atoms with Crippen LogP contribution in [0.15, 0.2) is 58.0 Å². The topological polar surface area (TPSA) is 63.3 Å². The van der Waals surface area contributed by atoms with Gasteiger partial charge in [-0.2, -0.15) is 5.10 Å². The molecule has 0 aliphatic rings. The molecular weight excluding hydrogens is 431 g/mol. The molecule has 5 nitrogen and oxygen atoms in total. The fraction of sp³-hybridized carbons (Fsp3) is 0.0952.